The van der Waals surface area contributed by atoms with Crippen molar-refractivity contribution in [1.29, 1.82) is 0 Å². The lowest BCUT2D eigenvalue weighted by atomic mass is 9.79. The second kappa shape index (κ2) is 11.7. The first kappa shape index (κ1) is 24.6. The highest BCUT2D eigenvalue weighted by atomic mass is 16.5. The molecule has 0 spiro atoms. The number of pyridine rings is 1. The van der Waals surface area contributed by atoms with E-state index < -0.39 is 12.1 Å². The van der Waals surface area contributed by atoms with Gasteiger partial charge in [0.2, 0.25) is 0 Å². The van der Waals surface area contributed by atoms with Gasteiger partial charge in [0.15, 0.2) is 0 Å². The van der Waals surface area contributed by atoms with Crippen molar-refractivity contribution in [3.63, 3.8) is 0 Å². The van der Waals surface area contributed by atoms with E-state index in [2.05, 4.69) is 31.7 Å². The number of aliphatic hydroxyl groups is 1. The molecule has 0 unspecified atom stereocenters. The molecule has 0 radical (unpaired) electrons. The number of piperidine rings is 1. The van der Waals surface area contributed by atoms with Gasteiger partial charge in [-0.3, -0.25) is 14.7 Å². The first-order valence-electron chi connectivity index (χ1n) is 11.8. The number of likely N-dealkylation sites (tertiary alicyclic amines) is 1. The summed E-state index contributed by atoms with van der Waals surface area (Å²) in [6.07, 6.45) is 8.19. The summed E-state index contributed by atoms with van der Waals surface area (Å²) < 4.78 is 5.34. The van der Waals surface area contributed by atoms with Crippen molar-refractivity contribution in [2.45, 2.75) is 31.8 Å². The van der Waals surface area contributed by atoms with Crippen LogP contribution in [0.4, 0.5) is 0 Å². The van der Waals surface area contributed by atoms with Crippen LogP contribution < -0.4 is 4.74 Å². The molecule has 0 bridgehead atoms. The number of carboxylic acid groups (broad SMARTS) is 1. The highest BCUT2D eigenvalue weighted by Crippen LogP contribution is 2.34. The van der Waals surface area contributed by atoms with E-state index in [1.807, 2.05) is 24.3 Å². The Balaban J connectivity index is 1.39. The van der Waals surface area contributed by atoms with E-state index in [0.29, 0.717) is 19.5 Å². The maximum absolute atomic E-state index is 11.6. The van der Waals surface area contributed by atoms with E-state index in [4.69, 9.17) is 4.74 Å². The molecule has 0 saturated carbocycles. The van der Waals surface area contributed by atoms with Gasteiger partial charge in [-0.05, 0) is 67.5 Å². The van der Waals surface area contributed by atoms with Gasteiger partial charge in [-0.2, -0.15) is 0 Å². The maximum Gasteiger partial charge on any atom is 0.303 e. The number of carboxylic acids is 1. The summed E-state index contributed by atoms with van der Waals surface area (Å²) in [6.45, 7) is 2.11. The molecule has 2 aromatic heterocycles. The van der Waals surface area contributed by atoms with Crippen molar-refractivity contribution < 1.29 is 19.7 Å². The van der Waals surface area contributed by atoms with E-state index in [1.165, 1.54) is 6.33 Å². The lowest BCUT2D eigenvalue weighted by molar-refractivity contribution is -0.139. The van der Waals surface area contributed by atoms with Crippen LogP contribution >= 0.6 is 0 Å². The largest absolute Gasteiger partial charge is 0.497 e. The Morgan fingerprint density at radius 2 is 2.09 bits per heavy atom. The van der Waals surface area contributed by atoms with Crippen LogP contribution in [0.2, 0.25) is 0 Å². The minimum atomic E-state index is -0.790. The summed E-state index contributed by atoms with van der Waals surface area (Å²) >= 11 is 0. The molecule has 182 valence electrons. The zero-order chi connectivity index (χ0) is 24.6. The highest BCUT2D eigenvalue weighted by Gasteiger charge is 2.31. The minimum Gasteiger partial charge on any atom is -0.497 e. The number of hydrogen-bond donors (Lipinski definition) is 2. The van der Waals surface area contributed by atoms with Gasteiger partial charge < -0.3 is 14.9 Å². The molecular formula is C27H30N4O4. The normalized spacial score (nSPS) is 19.0. The Bertz CT molecular complexity index is 1210. The summed E-state index contributed by atoms with van der Waals surface area (Å²) in [5.41, 5.74) is 2.39. The van der Waals surface area contributed by atoms with E-state index in [0.717, 1.165) is 47.2 Å². The van der Waals surface area contributed by atoms with Gasteiger partial charge >= 0.3 is 5.97 Å². The standard InChI is InChI=1S/C27H30N4O4/c1-35-22-5-6-25-24(14-22)23(8-10-30-25)26(32)7-4-20-9-12-31(17-21(20)13-27(33)34)11-2-3-19-15-28-18-29-16-19/h5-6,8,10,14-16,18,20-21,26,32H,4,7,9,11-13,17H2,1H3,(H,33,34)/t20-,21+,26+/m1/s1. The molecule has 1 saturated heterocycles. The van der Waals surface area contributed by atoms with Gasteiger partial charge in [0.25, 0.3) is 0 Å². The average molecular weight is 475 g/mol. The molecule has 35 heavy (non-hydrogen) atoms. The number of aliphatic hydroxyl groups excluding tert-OH is 1. The molecular weight excluding hydrogens is 444 g/mol. The van der Waals surface area contributed by atoms with Gasteiger partial charge in [0.05, 0.1) is 30.8 Å². The Morgan fingerprint density at radius 3 is 2.86 bits per heavy atom. The topological polar surface area (TPSA) is 109 Å². The number of benzene rings is 1. The lowest BCUT2D eigenvalue weighted by Crippen LogP contribution is -2.41. The molecule has 2 N–H and O–H groups in total. The third kappa shape index (κ3) is 6.53. The van der Waals surface area contributed by atoms with Gasteiger partial charge in [-0.25, -0.2) is 9.97 Å². The molecule has 8 heteroatoms. The van der Waals surface area contributed by atoms with Gasteiger partial charge in [0, 0.05) is 36.9 Å². The number of nitrogens with zero attached hydrogens (tertiary/aromatic N) is 4. The number of fused-ring (bicyclic) bond motifs is 1. The molecule has 0 aliphatic carbocycles. The van der Waals surface area contributed by atoms with Crippen LogP contribution in [0.5, 0.6) is 5.75 Å². The van der Waals surface area contributed by atoms with Gasteiger partial charge in [-0.1, -0.05) is 11.8 Å². The Kier molecular flexibility index (Phi) is 8.24. The smallest absolute Gasteiger partial charge is 0.303 e. The molecule has 1 aromatic carbocycles. The Labute approximate surface area is 205 Å². The minimum absolute atomic E-state index is 0.0181. The van der Waals surface area contributed by atoms with Crippen molar-refractivity contribution in [1.82, 2.24) is 19.9 Å². The van der Waals surface area contributed by atoms with Crippen LogP contribution in [0.3, 0.4) is 0 Å². The number of aromatic nitrogens is 3. The van der Waals surface area contributed by atoms with Crippen LogP contribution in [-0.4, -0.2) is 62.8 Å². The average Bonchev–Trinajstić information content (AvgIpc) is 2.87. The summed E-state index contributed by atoms with van der Waals surface area (Å²) in [6, 6.07) is 7.49. The van der Waals surface area contributed by atoms with Crippen LogP contribution in [0.25, 0.3) is 10.9 Å². The fraction of sp³-hybridized carbons (Fsp3) is 0.407. The lowest BCUT2D eigenvalue weighted by Gasteiger charge is -2.37. The van der Waals surface area contributed by atoms with Crippen molar-refractivity contribution in [2.75, 3.05) is 26.7 Å². The van der Waals surface area contributed by atoms with E-state index in [1.54, 1.807) is 25.7 Å². The van der Waals surface area contributed by atoms with Gasteiger partial charge in [0.1, 0.15) is 12.1 Å². The molecule has 1 aliphatic heterocycles. The molecule has 0 amide bonds. The molecule has 4 rings (SSSR count). The van der Waals surface area contributed by atoms with Crippen LogP contribution in [0.1, 0.15) is 42.9 Å². The van der Waals surface area contributed by atoms with Crippen LogP contribution in [0, 0.1) is 23.7 Å². The van der Waals surface area contributed by atoms with Crippen molar-refractivity contribution >= 4 is 16.9 Å². The molecule has 3 heterocycles. The monoisotopic (exact) mass is 474 g/mol. The van der Waals surface area contributed by atoms with Crippen LogP contribution in [0.15, 0.2) is 49.2 Å². The second-order valence-electron chi connectivity index (χ2n) is 8.95. The fourth-order valence-electron chi connectivity index (χ4n) is 4.84. The number of aliphatic carboxylic acids is 1. The number of hydrogen-bond acceptors (Lipinski definition) is 7. The third-order valence-corrected chi connectivity index (χ3v) is 6.66. The van der Waals surface area contributed by atoms with E-state index in [9.17, 15) is 15.0 Å². The number of methoxy groups -OCH3 is 1. The first-order valence-corrected chi connectivity index (χ1v) is 11.8. The predicted octanol–water partition coefficient (Wildman–Crippen LogP) is 3.31. The summed E-state index contributed by atoms with van der Waals surface area (Å²) in [5.74, 6) is 6.39. The highest BCUT2D eigenvalue weighted by molar-refractivity contribution is 5.83. The predicted molar refractivity (Wildman–Crippen MR) is 132 cm³/mol. The zero-order valence-electron chi connectivity index (χ0n) is 19.8. The number of rotatable bonds is 8. The Hall–Kier alpha value is -3.54. The number of carbonyl (C=O) groups is 1. The first-order chi connectivity index (χ1) is 17.0. The summed E-state index contributed by atoms with van der Waals surface area (Å²) in [4.78, 5) is 26.1. The SMILES string of the molecule is COc1ccc2nccc([C@@H](O)CC[C@@H]3CCN(CC#Cc4cncnc4)C[C@@H]3CC(=O)O)c2c1. The second-order valence-corrected chi connectivity index (χ2v) is 8.95. The summed E-state index contributed by atoms with van der Waals surface area (Å²) in [7, 11) is 1.62. The molecule has 3 atom stereocenters. The zero-order valence-corrected chi connectivity index (χ0v) is 19.8. The fourth-order valence-corrected chi connectivity index (χ4v) is 4.84. The molecule has 1 aliphatic rings. The van der Waals surface area contributed by atoms with Crippen molar-refractivity contribution in [2.24, 2.45) is 11.8 Å². The van der Waals surface area contributed by atoms with Crippen LogP contribution in [-0.2, 0) is 4.79 Å². The van der Waals surface area contributed by atoms with Gasteiger partial charge in [-0.15, -0.1) is 0 Å². The summed E-state index contributed by atoms with van der Waals surface area (Å²) in [5, 5.41) is 21.4. The molecule has 3 aromatic rings. The van der Waals surface area contributed by atoms with Crippen molar-refractivity contribution in [3.8, 4) is 17.6 Å². The quantitative estimate of drug-likeness (QED) is 0.479. The maximum atomic E-state index is 11.6. The van der Waals surface area contributed by atoms with E-state index >= 15 is 0 Å². The molecule has 8 nitrogen and oxygen atoms in total. The molecule has 1 fully saturated rings. The Morgan fingerprint density at radius 1 is 1.26 bits per heavy atom. The third-order valence-electron chi connectivity index (χ3n) is 6.66. The van der Waals surface area contributed by atoms with E-state index in [-0.39, 0.29) is 18.3 Å². The number of ether oxygens (including phenoxy) is 1. The van der Waals surface area contributed by atoms with Crippen molar-refractivity contribution in [3.05, 3.63) is 60.3 Å².